The molecule has 1 atom stereocenters. The molecule has 1 fully saturated rings. The van der Waals surface area contributed by atoms with Gasteiger partial charge < -0.3 is 19.4 Å². The van der Waals surface area contributed by atoms with Crippen LogP contribution in [-0.2, 0) is 11.2 Å². The zero-order valence-corrected chi connectivity index (χ0v) is 19.0. The summed E-state index contributed by atoms with van der Waals surface area (Å²) in [5, 5.41) is 3.03. The van der Waals surface area contributed by atoms with E-state index in [1.54, 1.807) is 6.26 Å². The van der Waals surface area contributed by atoms with E-state index in [-0.39, 0.29) is 24.5 Å². The van der Waals surface area contributed by atoms with Gasteiger partial charge in [-0.3, -0.25) is 9.59 Å². The van der Waals surface area contributed by atoms with Gasteiger partial charge in [-0.15, -0.1) is 11.3 Å². The van der Waals surface area contributed by atoms with Gasteiger partial charge in [0.05, 0.1) is 6.26 Å². The first kappa shape index (κ1) is 22.1. The fourth-order valence-corrected chi connectivity index (χ4v) is 4.84. The predicted octanol–water partition coefficient (Wildman–Crippen LogP) is 4.76. The zero-order valence-electron chi connectivity index (χ0n) is 18.2. The van der Waals surface area contributed by atoms with Gasteiger partial charge in [0.15, 0.2) is 6.61 Å². The second-order valence-electron chi connectivity index (χ2n) is 8.06. The topological polar surface area (TPSA) is 71.8 Å². The van der Waals surface area contributed by atoms with Crippen molar-refractivity contribution in [3.05, 3.63) is 65.4 Å². The molecule has 0 radical (unpaired) electrons. The second kappa shape index (κ2) is 10.5. The highest BCUT2D eigenvalue weighted by Gasteiger charge is 2.23. The number of rotatable bonds is 8. The molecule has 1 aromatic carbocycles. The van der Waals surface area contributed by atoms with Crippen molar-refractivity contribution in [1.82, 2.24) is 10.2 Å². The molecule has 4 rings (SSSR count). The number of benzene rings is 1. The molecule has 0 aliphatic carbocycles. The largest absolute Gasteiger partial charge is 0.482 e. The highest BCUT2D eigenvalue weighted by Crippen LogP contribution is 2.36. The van der Waals surface area contributed by atoms with Crippen LogP contribution in [-0.4, -0.2) is 42.5 Å². The van der Waals surface area contributed by atoms with Crippen molar-refractivity contribution in [3.63, 3.8) is 0 Å². The van der Waals surface area contributed by atoms with E-state index in [0.717, 1.165) is 48.6 Å². The van der Waals surface area contributed by atoms with Crippen LogP contribution in [0.25, 0.3) is 10.4 Å². The van der Waals surface area contributed by atoms with Crippen LogP contribution in [0.5, 0.6) is 5.75 Å². The summed E-state index contributed by atoms with van der Waals surface area (Å²) in [7, 11) is 0. The molecule has 1 aliphatic rings. The van der Waals surface area contributed by atoms with E-state index < -0.39 is 0 Å². The van der Waals surface area contributed by atoms with Gasteiger partial charge in [-0.05, 0) is 49.9 Å². The first-order valence-corrected chi connectivity index (χ1v) is 11.8. The van der Waals surface area contributed by atoms with Gasteiger partial charge in [0, 0.05) is 30.4 Å². The third-order valence-corrected chi connectivity index (χ3v) is 6.65. The number of amides is 2. The maximum absolute atomic E-state index is 13.1. The average Bonchev–Trinajstić information content (AvgIpc) is 3.48. The Kier molecular flexibility index (Phi) is 7.27. The Hall–Kier alpha value is -3.06. The lowest BCUT2D eigenvalue weighted by atomic mass is 10.1. The summed E-state index contributed by atoms with van der Waals surface area (Å²) in [4.78, 5) is 28.9. The fourth-order valence-electron chi connectivity index (χ4n) is 3.83. The molecule has 6 nitrogen and oxygen atoms in total. The van der Waals surface area contributed by atoms with Crippen molar-refractivity contribution in [1.29, 1.82) is 0 Å². The van der Waals surface area contributed by atoms with Crippen LogP contribution in [0.15, 0.2) is 59.2 Å². The molecule has 1 N–H and O–H groups in total. The second-order valence-corrected chi connectivity index (χ2v) is 9.11. The van der Waals surface area contributed by atoms with Gasteiger partial charge in [-0.1, -0.05) is 30.3 Å². The Morgan fingerprint density at radius 2 is 1.91 bits per heavy atom. The van der Waals surface area contributed by atoms with E-state index >= 15 is 0 Å². The number of furan rings is 1. The first-order chi connectivity index (χ1) is 15.6. The fraction of sp³-hybridized carbons (Fsp3) is 0.360. The third-order valence-electron chi connectivity index (χ3n) is 5.49. The lowest BCUT2D eigenvalue weighted by Gasteiger charge is -2.26. The van der Waals surface area contributed by atoms with Crippen molar-refractivity contribution >= 4 is 23.2 Å². The van der Waals surface area contributed by atoms with Crippen LogP contribution in [0.1, 0.15) is 41.6 Å². The summed E-state index contributed by atoms with van der Waals surface area (Å²) in [6.07, 6.45) is 5.45. The number of nitrogens with one attached hydrogen (secondary N) is 1. The minimum Gasteiger partial charge on any atom is -0.482 e. The Morgan fingerprint density at radius 3 is 2.62 bits per heavy atom. The van der Waals surface area contributed by atoms with Crippen LogP contribution >= 0.6 is 11.3 Å². The normalized spacial score (nSPS) is 14.7. The number of carbonyl (C=O) groups is 2. The molecule has 1 unspecified atom stereocenters. The Balaban J connectivity index is 1.49. The molecule has 0 saturated carbocycles. The van der Waals surface area contributed by atoms with Crippen molar-refractivity contribution < 1.29 is 18.7 Å². The smallest absolute Gasteiger partial charge is 0.265 e. The van der Waals surface area contributed by atoms with Crippen molar-refractivity contribution in [2.75, 3.05) is 19.7 Å². The van der Waals surface area contributed by atoms with E-state index in [2.05, 4.69) is 5.32 Å². The average molecular weight is 453 g/mol. The minimum absolute atomic E-state index is 0.0327. The molecule has 168 valence electrons. The van der Waals surface area contributed by atoms with E-state index in [4.69, 9.17) is 9.15 Å². The number of ether oxygens (including phenoxy) is 1. The first-order valence-electron chi connectivity index (χ1n) is 11.0. The molecule has 2 amide bonds. The molecule has 3 heterocycles. The van der Waals surface area contributed by atoms with Crippen LogP contribution in [0.3, 0.4) is 0 Å². The Morgan fingerprint density at radius 1 is 1.12 bits per heavy atom. The van der Waals surface area contributed by atoms with Gasteiger partial charge in [-0.25, -0.2) is 0 Å². The summed E-state index contributed by atoms with van der Waals surface area (Å²) in [6, 6.07) is 15.3. The molecule has 1 saturated heterocycles. The third kappa shape index (κ3) is 5.59. The molecule has 2 aromatic heterocycles. The Labute approximate surface area is 192 Å². The van der Waals surface area contributed by atoms with Gasteiger partial charge in [0.1, 0.15) is 16.4 Å². The monoisotopic (exact) mass is 452 g/mol. The highest BCUT2D eigenvalue weighted by atomic mass is 32.1. The quantitative estimate of drug-likeness (QED) is 0.535. The van der Waals surface area contributed by atoms with E-state index in [1.165, 1.54) is 11.3 Å². The van der Waals surface area contributed by atoms with Gasteiger partial charge >= 0.3 is 0 Å². The standard InChI is InChI=1S/C25H28N2O4S/c1-18(15-20-11-8-14-30-20)26-25(29)24-21(16-22(32-24)19-9-4-2-5-10-19)31-17-23(28)27-12-6-3-7-13-27/h2,4-5,8-11,14,16,18H,3,6-7,12-13,15,17H2,1H3,(H,26,29). The lowest BCUT2D eigenvalue weighted by molar-refractivity contribution is -0.134. The van der Waals surface area contributed by atoms with Crippen LogP contribution in [0.2, 0.25) is 0 Å². The van der Waals surface area contributed by atoms with E-state index in [9.17, 15) is 9.59 Å². The molecule has 0 spiro atoms. The lowest BCUT2D eigenvalue weighted by Crippen LogP contribution is -2.38. The summed E-state index contributed by atoms with van der Waals surface area (Å²) < 4.78 is 11.3. The van der Waals surface area contributed by atoms with Crippen LogP contribution in [0, 0.1) is 0 Å². The minimum atomic E-state index is -0.211. The maximum Gasteiger partial charge on any atom is 0.265 e. The van der Waals surface area contributed by atoms with Crippen LogP contribution in [0.4, 0.5) is 0 Å². The van der Waals surface area contributed by atoms with Crippen molar-refractivity contribution in [3.8, 4) is 16.2 Å². The number of thiophene rings is 1. The summed E-state index contributed by atoms with van der Waals surface area (Å²) in [5.41, 5.74) is 1.01. The zero-order chi connectivity index (χ0) is 22.3. The summed E-state index contributed by atoms with van der Waals surface area (Å²) >= 11 is 1.37. The number of nitrogens with zero attached hydrogens (tertiary/aromatic N) is 1. The number of hydrogen-bond acceptors (Lipinski definition) is 5. The van der Waals surface area contributed by atoms with Crippen molar-refractivity contribution in [2.45, 2.75) is 38.6 Å². The molecular weight excluding hydrogens is 424 g/mol. The van der Waals surface area contributed by atoms with Crippen LogP contribution < -0.4 is 10.1 Å². The molecule has 7 heteroatoms. The predicted molar refractivity (Wildman–Crippen MR) is 125 cm³/mol. The number of likely N-dealkylation sites (tertiary alicyclic amines) is 1. The number of hydrogen-bond donors (Lipinski definition) is 1. The van der Waals surface area contributed by atoms with Gasteiger partial charge in [-0.2, -0.15) is 0 Å². The molecule has 32 heavy (non-hydrogen) atoms. The molecule has 0 bridgehead atoms. The summed E-state index contributed by atoms with van der Waals surface area (Å²) in [5.74, 6) is 1.02. The van der Waals surface area contributed by atoms with Gasteiger partial charge in [0.2, 0.25) is 0 Å². The highest BCUT2D eigenvalue weighted by molar-refractivity contribution is 7.17. The summed E-state index contributed by atoms with van der Waals surface area (Å²) in [6.45, 7) is 3.43. The molecule has 3 aromatic rings. The number of piperidine rings is 1. The van der Waals surface area contributed by atoms with Gasteiger partial charge in [0.25, 0.3) is 11.8 Å². The van der Waals surface area contributed by atoms with Crippen molar-refractivity contribution in [2.24, 2.45) is 0 Å². The van der Waals surface area contributed by atoms with E-state index in [0.29, 0.717) is 17.0 Å². The molecule has 1 aliphatic heterocycles. The number of carbonyl (C=O) groups excluding carboxylic acids is 2. The maximum atomic E-state index is 13.1. The Bertz CT molecular complexity index is 1020. The molecular formula is C25H28N2O4S. The van der Waals surface area contributed by atoms with E-state index in [1.807, 2.05) is 60.4 Å². The SMILES string of the molecule is CC(Cc1ccco1)NC(=O)c1sc(-c2ccccc2)cc1OCC(=O)N1CCCCC1.